The van der Waals surface area contributed by atoms with E-state index in [1.165, 1.54) is 4.90 Å². The molecule has 1 saturated carbocycles. The van der Waals surface area contributed by atoms with E-state index in [9.17, 15) is 39.6 Å². The molecule has 3 aliphatic carbocycles. The third-order valence-electron chi connectivity index (χ3n) is 8.32. The normalized spacial score (nSPS) is 25.7. The van der Waals surface area contributed by atoms with Crippen molar-refractivity contribution >= 4 is 34.9 Å². The first-order chi connectivity index (χ1) is 19.1. The van der Waals surface area contributed by atoms with Gasteiger partial charge < -0.3 is 41.5 Å². The van der Waals surface area contributed by atoms with E-state index in [4.69, 9.17) is 10.8 Å². The highest BCUT2D eigenvalue weighted by molar-refractivity contribution is 6.24. The smallest absolute Gasteiger partial charge is 0.303 e. The zero-order chi connectivity index (χ0) is 30.5. The van der Waals surface area contributed by atoms with E-state index >= 15 is 0 Å². The first kappa shape index (κ1) is 30.0. The number of carbonyl (C=O) groups is 4. The predicted octanol–water partition coefficient (Wildman–Crippen LogP) is -0.0156. The summed E-state index contributed by atoms with van der Waals surface area (Å²) in [4.78, 5) is 53.4. The number of Topliss-reactive ketones (excluding diaryl/α,β-unsaturated/α-hetero) is 2. The van der Waals surface area contributed by atoms with Gasteiger partial charge in [0.1, 0.15) is 22.8 Å². The van der Waals surface area contributed by atoms with Crippen LogP contribution in [0.5, 0.6) is 5.75 Å². The molecule has 0 aromatic heterocycles. The Balaban J connectivity index is 1.85. The number of nitrogens with zero attached hydrogens (tertiary/aromatic N) is 2. The lowest BCUT2D eigenvalue weighted by Crippen LogP contribution is -2.65. The largest absolute Gasteiger partial charge is 0.508 e. The first-order valence-electron chi connectivity index (χ1n) is 13.3. The number of aliphatic hydroxyl groups is 3. The fraction of sp³-hybridized carbons (Fsp3) is 0.500. The Morgan fingerprint density at radius 3 is 2.37 bits per heavy atom. The van der Waals surface area contributed by atoms with E-state index in [1.807, 2.05) is 0 Å². The van der Waals surface area contributed by atoms with Crippen molar-refractivity contribution in [1.82, 2.24) is 10.2 Å². The summed E-state index contributed by atoms with van der Waals surface area (Å²) in [6.07, 6.45) is 0.535. The van der Waals surface area contributed by atoms with Crippen LogP contribution in [0.25, 0.3) is 5.76 Å². The number of aliphatic carboxylic acids is 1. The summed E-state index contributed by atoms with van der Waals surface area (Å²) >= 11 is 0. The topological polar surface area (TPSA) is 214 Å². The molecule has 1 fully saturated rings. The molecule has 3 aliphatic rings. The molecule has 0 radical (unpaired) electrons. The summed E-state index contributed by atoms with van der Waals surface area (Å²) in [5.74, 6) is -7.88. The molecule has 1 aromatic carbocycles. The minimum atomic E-state index is -2.70. The molecule has 4 rings (SSSR count). The molecule has 0 bridgehead atoms. The molecule has 0 spiro atoms. The van der Waals surface area contributed by atoms with Crippen LogP contribution in [0.15, 0.2) is 23.0 Å². The minimum absolute atomic E-state index is 0.00623. The molecule has 41 heavy (non-hydrogen) atoms. The van der Waals surface area contributed by atoms with Gasteiger partial charge in [0.05, 0.1) is 11.6 Å². The monoisotopic (exact) mass is 572 g/mol. The molecule has 1 aromatic rings. The van der Waals surface area contributed by atoms with Crippen LogP contribution in [-0.4, -0.2) is 100 Å². The van der Waals surface area contributed by atoms with E-state index in [0.717, 1.165) is 0 Å². The van der Waals surface area contributed by atoms with Gasteiger partial charge in [-0.05, 0) is 57.5 Å². The molecule has 0 unspecified atom stereocenters. The standard InChI is InChI=1S/C28H36N4O9/c1-31(2)16-10-13(11-30-7-5-6-17(33)34)22(35)19-14(16)8-12-9-15-21(32(3)4)24(37)20(27(29)40)26(39)28(15,41)25(38)18(12)23(19)36/h10,12,15,21,30,35-36,39,41H,5-9,11H2,1-4H3,(H2,29,40)(H,33,34)/t12-,15-,21+,28-/m0/s1. The van der Waals surface area contributed by atoms with E-state index in [1.54, 1.807) is 39.2 Å². The number of primary amides is 1. The summed E-state index contributed by atoms with van der Waals surface area (Å²) in [6, 6.07) is 0.599. The van der Waals surface area contributed by atoms with Gasteiger partial charge in [0.15, 0.2) is 11.4 Å². The molecule has 1 amide bonds. The Kier molecular flexibility index (Phi) is 7.91. The summed E-state index contributed by atoms with van der Waals surface area (Å²) in [6.45, 7) is 0.505. The van der Waals surface area contributed by atoms with Crippen LogP contribution >= 0.6 is 0 Å². The van der Waals surface area contributed by atoms with E-state index in [2.05, 4.69) is 5.32 Å². The zero-order valence-corrected chi connectivity index (χ0v) is 23.4. The number of phenolic OH excluding ortho intramolecular Hbond substituents is 1. The molecule has 222 valence electrons. The average molecular weight is 573 g/mol. The second-order valence-corrected chi connectivity index (χ2v) is 11.3. The number of carboxylic acids is 1. The molecule has 13 nitrogen and oxygen atoms in total. The van der Waals surface area contributed by atoms with Gasteiger partial charge >= 0.3 is 5.97 Å². The molecule has 0 saturated heterocycles. The van der Waals surface area contributed by atoms with Crippen LogP contribution in [0.4, 0.5) is 5.69 Å². The van der Waals surface area contributed by atoms with Gasteiger partial charge in [-0.25, -0.2) is 0 Å². The molecular weight excluding hydrogens is 536 g/mol. The highest BCUT2D eigenvalue weighted by atomic mass is 16.4. The number of benzene rings is 1. The number of aromatic hydroxyl groups is 1. The third-order valence-corrected chi connectivity index (χ3v) is 8.32. The molecule has 0 aliphatic heterocycles. The third kappa shape index (κ3) is 4.73. The number of nitrogens with one attached hydrogen (secondary N) is 1. The summed E-state index contributed by atoms with van der Waals surface area (Å²) in [7, 11) is 6.67. The van der Waals surface area contributed by atoms with Gasteiger partial charge in [-0.2, -0.15) is 0 Å². The van der Waals surface area contributed by atoms with Crippen LogP contribution in [0.2, 0.25) is 0 Å². The van der Waals surface area contributed by atoms with Crippen molar-refractivity contribution in [3.8, 4) is 5.75 Å². The highest BCUT2D eigenvalue weighted by Crippen LogP contribution is 2.54. The Labute approximate surface area is 236 Å². The van der Waals surface area contributed by atoms with Gasteiger partial charge in [0.2, 0.25) is 5.78 Å². The van der Waals surface area contributed by atoms with Crippen LogP contribution in [-0.2, 0) is 32.1 Å². The molecular formula is C28H36N4O9. The number of amides is 1. The number of carboxylic acid groups (broad SMARTS) is 1. The molecule has 4 atom stereocenters. The van der Waals surface area contributed by atoms with Gasteiger partial charge in [-0.1, -0.05) is 0 Å². The minimum Gasteiger partial charge on any atom is -0.508 e. The molecule has 0 heterocycles. The summed E-state index contributed by atoms with van der Waals surface area (Å²) in [5, 5.41) is 57.4. The first-order valence-corrected chi connectivity index (χ1v) is 13.3. The van der Waals surface area contributed by atoms with Crippen LogP contribution in [0.3, 0.4) is 0 Å². The predicted molar refractivity (Wildman–Crippen MR) is 147 cm³/mol. The number of hydrogen-bond acceptors (Lipinski definition) is 11. The van der Waals surface area contributed by atoms with Crippen molar-refractivity contribution in [2.45, 2.75) is 43.9 Å². The lowest BCUT2D eigenvalue weighted by Gasteiger charge is -2.50. The number of hydrogen-bond donors (Lipinski definition) is 7. The average Bonchev–Trinajstić information content (AvgIpc) is 2.86. The lowest BCUT2D eigenvalue weighted by atomic mass is 9.57. The summed E-state index contributed by atoms with van der Waals surface area (Å²) in [5.41, 5.74) is 3.21. The van der Waals surface area contributed by atoms with Crippen LogP contribution in [0, 0.1) is 11.8 Å². The fourth-order valence-electron chi connectivity index (χ4n) is 6.47. The Bertz CT molecular complexity index is 1400. The maximum absolute atomic E-state index is 14.0. The second-order valence-electron chi connectivity index (χ2n) is 11.3. The molecule has 8 N–H and O–H groups in total. The zero-order valence-electron chi connectivity index (χ0n) is 23.4. The van der Waals surface area contributed by atoms with Crippen molar-refractivity contribution in [3.05, 3.63) is 39.7 Å². The molecule has 13 heteroatoms. The lowest BCUT2D eigenvalue weighted by molar-refractivity contribution is -0.153. The van der Waals surface area contributed by atoms with Gasteiger partial charge in [0, 0.05) is 49.8 Å². The van der Waals surface area contributed by atoms with Crippen LogP contribution in [0.1, 0.15) is 36.0 Å². The number of nitrogens with two attached hydrogens (primary N) is 1. The van der Waals surface area contributed by atoms with Crippen LogP contribution < -0.4 is 16.0 Å². The number of anilines is 1. The van der Waals surface area contributed by atoms with Crippen molar-refractivity contribution < 1.29 is 44.7 Å². The van der Waals surface area contributed by atoms with E-state index in [-0.39, 0.29) is 42.7 Å². The van der Waals surface area contributed by atoms with Crippen molar-refractivity contribution in [2.24, 2.45) is 17.6 Å². The highest BCUT2D eigenvalue weighted by Gasteiger charge is 2.64. The quantitative estimate of drug-likeness (QED) is 0.154. The number of ketones is 2. The fourth-order valence-corrected chi connectivity index (χ4v) is 6.47. The van der Waals surface area contributed by atoms with Gasteiger partial charge in [-0.15, -0.1) is 0 Å². The number of carbonyl (C=O) groups excluding carboxylic acids is 3. The number of fused-ring (bicyclic) bond motifs is 3. The maximum atomic E-state index is 14.0. The summed E-state index contributed by atoms with van der Waals surface area (Å²) < 4.78 is 0. The number of rotatable bonds is 9. The van der Waals surface area contributed by atoms with Crippen molar-refractivity contribution in [1.29, 1.82) is 0 Å². The Hall–Kier alpha value is -3.94. The second kappa shape index (κ2) is 10.8. The van der Waals surface area contributed by atoms with E-state index < -0.39 is 64.0 Å². The van der Waals surface area contributed by atoms with Crippen molar-refractivity contribution in [2.75, 3.05) is 39.6 Å². The van der Waals surface area contributed by atoms with Gasteiger partial charge in [0.25, 0.3) is 5.91 Å². The van der Waals surface area contributed by atoms with Crippen molar-refractivity contribution in [3.63, 3.8) is 0 Å². The number of aliphatic hydroxyl groups excluding tert-OH is 2. The maximum Gasteiger partial charge on any atom is 0.303 e. The van der Waals surface area contributed by atoms with E-state index in [0.29, 0.717) is 29.8 Å². The number of likely N-dealkylation sites (N-methyl/N-ethyl adjacent to an activating group) is 1. The van der Waals surface area contributed by atoms with Gasteiger partial charge in [-0.3, -0.25) is 24.1 Å². The Morgan fingerprint density at radius 1 is 1.15 bits per heavy atom. The SMILES string of the molecule is CN(C)c1cc(CNCCCC(=O)O)c(O)c2c1C[C@H]1C[C@H]3[C@@H](N(C)C)C(=O)C(C(N)=O)=C(O)[C@@]3(O)C(=O)C1=C2O. The number of phenols is 1. The Morgan fingerprint density at radius 2 is 1.80 bits per heavy atom.